The van der Waals surface area contributed by atoms with Gasteiger partial charge in [0, 0.05) is 19.3 Å². The van der Waals surface area contributed by atoms with E-state index in [4.69, 9.17) is 14.2 Å². The molecule has 0 saturated heterocycles. The van der Waals surface area contributed by atoms with Crippen molar-refractivity contribution in [3.63, 3.8) is 0 Å². The number of allylic oxidation sites excluding steroid dienone is 6. The molecule has 2 atom stereocenters. The van der Waals surface area contributed by atoms with E-state index in [-0.39, 0.29) is 42.7 Å². The zero-order valence-corrected chi connectivity index (χ0v) is 28.6. The lowest BCUT2D eigenvalue weighted by molar-refractivity contribution is -0.889. The van der Waals surface area contributed by atoms with Crippen LogP contribution in [0.1, 0.15) is 123 Å². The Kier molecular flexibility index (Phi) is 26.5. The summed E-state index contributed by atoms with van der Waals surface area (Å²) in [4.78, 5) is 36.3. The topological polar surface area (TPSA) is 102 Å². The maximum atomic E-state index is 12.5. The summed E-state index contributed by atoms with van der Waals surface area (Å²) in [5, 5.41) is 11.5. The van der Waals surface area contributed by atoms with Gasteiger partial charge >= 0.3 is 11.9 Å². The van der Waals surface area contributed by atoms with Crippen molar-refractivity contribution in [1.82, 2.24) is 0 Å². The Morgan fingerprint density at radius 3 is 1.89 bits per heavy atom. The second kappa shape index (κ2) is 28.1. The third-order valence-electron chi connectivity index (χ3n) is 7.29. The largest absolute Gasteiger partial charge is 0.544 e. The average molecular weight is 622 g/mol. The van der Waals surface area contributed by atoms with Crippen molar-refractivity contribution in [2.45, 2.75) is 135 Å². The number of esters is 2. The van der Waals surface area contributed by atoms with Crippen LogP contribution in [0.15, 0.2) is 36.5 Å². The first kappa shape index (κ1) is 41.5. The molecule has 44 heavy (non-hydrogen) atoms. The highest BCUT2D eigenvalue weighted by Crippen LogP contribution is 2.12. The normalized spacial score (nSPS) is 13.6. The van der Waals surface area contributed by atoms with Crippen LogP contribution >= 0.6 is 0 Å². The summed E-state index contributed by atoms with van der Waals surface area (Å²) in [6.07, 6.45) is 27.7. The first-order valence-electron chi connectivity index (χ1n) is 17.0. The van der Waals surface area contributed by atoms with Gasteiger partial charge in [-0.3, -0.25) is 9.59 Å². The highest BCUT2D eigenvalue weighted by molar-refractivity contribution is 5.70. The second-order valence-electron chi connectivity index (χ2n) is 12.4. The average Bonchev–Trinajstić information content (AvgIpc) is 2.96. The van der Waals surface area contributed by atoms with E-state index in [0.29, 0.717) is 12.8 Å². The van der Waals surface area contributed by atoms with Crippen LogP contribution in [0.5, 0.6) is 0 Å². The van der Waals surface area contributed by atoms with Gasteiger partial charge in [-0.1, -0.05) is 95.2 Å². The monoisotopic (exact) mass is 621 g/mol. The van der Waals surface area contributed by atoms with Gasteiger partial charge in [0.05, 0.1) is 40.3 Å². The molecule has 0 aliphatic heterocycles. The molecular formula is C36H63NO7. The Labute approximate surface area is 268 Å². The van der Waals surface area contributed by atoms with E-state index in [0.717, 1.165) is 89.9 Å². The molecule has 8 nitrogen and oxygen atoms in total. The number of carboxylic acids is 1. The molecule has 0 aromatic rings. The van der Waals surface area contributed by atoms with Crippen molar-refractivity contribution in [3.05, 3.63) is 36.5 Å². The minimum absolute atomic E-state index is 0.0334. The SMILES string of the molecule is CC/C=C\C/C=C\C/C=C\CCCCCCCC(=O)OC(COCCC(C(=O)[O-])[N+](C)(C)C)COC(=O)CCCCCCC. The fourth-order valence-electron chi connectivity index (χ4n) is 4.61. The summed E-state index contributed by atoms with van der Waals surface area (Å²) >= 11 is 0. The predicted octanol–water partition coefficient (Wildman–Crippen LogP) is 6.62. The smallest absolute Gasteiger partial charge is 0.306 e. The van der Waals surface area contributed by atoms with E-state index in [9.17, 15) is 19.5 Å². The zero-order valence-electron chi connectivity index (χ0n) is 28.6. The number of ether oxygens (including phenoxy) is 3. The van der Waals surface area contributed by atoms with Gasteiger partial charge < -0.3 is 28.6 Å². The molecule has 0 radical (unpaired) electrons. The zero-order chi connectivity index (χ0) is 32.9. The van der Waals surface area contributed by atoms with Gasteiger partial charge in [-0.15, -0.1) is 0 Å². The van der Waals surface area contributed by atoms with E-state index in [1.54, 1.807) is 21.1 Å². The lowest BCUT2D eigenvalue weighted by Crippen LogP contribution is -2.55. The molecule has 0 saturated carbocycles. The van der Waals surface area contributed by atoms with Crippen molar-refractivity contribution in [2.24, 2.45) is 0 Å². The maximum absolute atomic E-state index is 12.5. The second-order valence-corrected chi connectivity index (χ2v) is 12.4. The van der Waals surface area contributed by atoms with Crippen LogP contribution in [0.3, 0.4) is 0 Å². The number of carbonyl (C=O) groups excluding carboxylic acids is 3. The fraction of sp³-hybridized carbons (Fsp3) is 0.750. The Balaban J connectivity index is 4.42. The number of quaternary nitrogens is 1. The van der Waals surface area contributed by atoms with Crippen LogP contribution in [0.4, 0.5) is 0 Å². The Hall–Kier alpha value is -2.45. The number of rotatable bonds is 29. The third-order valence-corrected chi connectivity index (χ3v) is 7.29. The summed E-state index contributed by atoms with van der Waals surface area (Å²) in [7, 11) is 5.37. The van der Waals surface area contributed by atoms with Crippen LogP contribution in [0.25, 0.3) is 0 Å². The molecule has 0 bridgehead atoms. The molecule has 254 valence electrons. The predicted molar refractivity (Wildman–Crippen MR) is 176 cm³/mol. The number of unbranched alkanes of at least 4 members (excludes halogenated alkanes) is 9. The van der Waals surface area contributed by atoms with Crippen LogP contribution in [-0.4, -0.2) is 75.5 Å². The van der Waals surface area contributed by atoms with E-state index in [1.807, 2.05) is 0 Å². The number of carboxylic acid groups (broad SMARTS) is 1. The number of hydrogen-bond acceptors (Lipinski definition) is 7. The van der Waals surface area contributed by atoms with Crippen molar-refractivity contribution in [1.29, 1.82) is 0 Å². The summed E-state index contributed by atoms with van der Waals surface area (Å²) in [6, 6.07) is -0.724. The van der Waals surface area contributed by atoms with Crippen molar-refractivity contribution < 1.29 is 38.2 Å². The number of aliphatic carboxylic acids is 1. The molecule has 0 N–H and O–H groups in total. The molecule has 0 aliphatic rings. The summed E-state index contributed by atoms with van der Waals surface area (Å²) in [5.41, 5.74) is 0. The standard InChI is InChI=1S/C36H63NO7/c1-6-8-10-12-13-14-15-16-17-18-19-20-21-23-25-27-35(39)44-32(31-43-34(38)26-24-22-11-9-7-2)30-42-29-28-33(36(40)41)37(3,4)5/h8,10,13-14,16-17,32-33H,6-7,9,11-12,15,18-31H2,1-5H3/b10-8-,14-13-,17-16-. The van der Waals surface area contributed by atoms with Crippen molar-refractivity contribution >= 4 is 17.9 Å². The summed E-state index contributed by atoms with van der Waals surface area (Å²) in [6.45, 7) is 4.41. The summed E-state index contributed by atoms with van der Waals surface area (Å²) in [5.74, 6) is -1.78. The molecule has 0 aliphatic carbocycles. The van der Waals surface area contributed by atoms with Crippen molar-refractivity contribution in [2.75, 3.05) is 41.0 Å². The molecule has 0 aromatic heterocycles. The van der Waals surface area contributed by atoms with E-state index >= 15 is 0 Å². The minimum Gasteiger partial charge on any atom is -0.544 e. The minimum atomic E-state index is -1.13. The maximum Gasteiger partial charge on any atom is 0.306 e. The Morgan fingerprint density at radius 2 is 1.27 bits per heavy atom. The molecule has 0 rings (SSSR count). The van der Waals surface area contributed by atoms with E-state index in [1.165, 1.54) is 0 Å². The van der Waals surface area contributed by atoms with Gasteiger partial charge in [-0.2, -0.15) is 0 Å². The number of hydrogen-bond donors (Lipinski definition) is 0. The molecule has 0 fully saturated rings. The third kappa shape index (κ3) is 26.0. The number of likely N-dealkylation sites (N-methyl/N-ethyl adjacent to an activating group) is 1. The molecular weight excluding hydrogens is 558 g/mol. The molecule has 0 heterocycles. The van der Waals surface area contributed by atoms with Crippen LogP contribution in [0, 0.1) is 0 Å². The van der Waals surface area contributed by atoms with Crippen LogP contribution in [0.2, 0.25) is 0 Å². The lowest BCUT2D eigenvalue weighted by atomic mass is 10.1. The van der Waals surface area contributed by atoms with Gasteiger partial charge in [0.2, 0.25) is 0 Å². The van der Waals surface area contributed by atoms with E-state index in [2.05, 4.69) is 50.3 Å². The Bertz CT molecular complexity index is 829. The Morgan fingerprint density at radius 1 is 0.705 bits per heavy atom. The molecule has 0 spiro atoms. The molecule has 0 aromatic carbocycles. The molecule has 2 unspecified atom stereocenters. The first-order chi connectivity index (χ1) is 21.1. The van der Waals surface area contributed by atoms with Crippen LogP contribution < -0.4 is 5.11 Å². The fourth-order valence-corrected chi connectivity index (χ4v) is 4.61. The first-order valence-corrected chi connectivity index (χ1v) is 17.0. The molecule has 0 amide bonds. The number of nitrogens with zero attached hydrogens (tertiary/aromatic N) is 1. The lowest BCUT2D eigenvalue weighted by Gasteiger charge is -2.34. The number of carbonyl (C=O) groups is 3. The highest BCUT2D eigenvalue weighted by atomic mass is 16.6. The highest BCUT2D eigenvalue weighted by Gasteiger charge is 2.25. The molecule has 8 heteroatoms. The van der Waals surface area contributed by atoms with Gasteiger partial charge in [0.25, 0.3) is 0 Å². The van der Waals surface area contributed by atoms with Gasteiger partial charge in [0.15, 0.2) is 6.10 Å². The van der Waals surface area contributed by atoms with E-state index < -0.39 is 18.1 Å². The van der Waals surface area contributed by atoms with Crippen molar-refractivity contribution in [3.8, 4) is 0 Å². The van der Waals surface area contributed by atoms with Gasteiger partial charge in [0.1, 0.15) is 12.6 Å². The summed E-state index contributed by atoms with van der Waals surface area (Å²) < 4.78 is 16.9. The van der Waals surface area contributed by atoms with Gasteiger partial charge in [-0.25, -0.2) is 0 Å². The quantitative estimate of drug-likeness (QED) is 0.0400. The van der Waals surface area contributed by atoms with Gasteiger partial charge in [-0.05, 0) is 44.9 Å². The van der Waals surface area contributed by atoms with Crippen LogP contribution in [-0.2, 0) is 28.6 Å².